The van der Waals surface area contributed by atoms with Gasteiger partial charge >= 0.3 is 0 Å². The third kappa shape index (κ3) is 3.32. The second kappa shape index (κ2) is 7.47. The van der Waals surface area contributed by atoms with E-state index in [4.69, 9.17) is 4.42 Å². The minimum absolute atomic E-state index is 0. The number of furan rings is 1. The summed E-state index contributed by atoms with van der Waals surface area (Å²) in [5.74, 6) is 0.220. The summed E-state index contributed by atoms with van der Waals surface area (Å²) in [6, 6.07) is 7.46. The normalized spacial score (nSPS) is 20.0. The number of carbonyl (C=O) groups is 1. The number of piperidine rings is 1. The fourth-order valence-electron chi connectivity index (χ4n) is 3.32. The number of halogens is 1. The summed E-state index contributed by atoms with van der Waals surface area (Å²) in [6.45, 7) is 3.78. The lowest BCUT2D eigenvalue weighted by atomic mass is 9.95. The summed E-state index contributed by atoms with van der Waals surface area (Å²) in [6.07, 6.45) is 2.44. The number of aromatic nitrogens is 2. The molecular formula is C18H21ClN4O3. The van der Waals surface area contributed by atoms with Crippen LogP contribution < -0.4 is 16.2 Å². The zero-order chi connectivity index (χ0) is 17.4. The van der Waals surface area contributed by atoms with Gasteiger partial charge in [0.15, 0.2) is 0 Å². The van der Waals surface area contributed by atoms with E-state index >= 15 is 0 Å². The SMILES string of the molecule is CC1CCNCC1NC(=O)Cn1cnc2c(oc3ccccc32)c1=O.Cl. The predicted octanol–water partition coefficient (Wildman–Crippen LogP) is 1.68. The standard InChI is InChI=1S/C18H20N4O3.ClH/c1-11-6-7-19-8-13(11)21-15(23)9-22-10-20-16-12-4-2-3-5-14(12)25-17(16)18(22)24;/h2-5,10-11,13,19H,6-9H2,1H3,(H,21,23);1H. The fourth-order valence-corrected chi connectivity index (χ4v) is 3.32. The van der Waals surface area contributed by atoms with E-state index in [0.717, 1.165) is 24.9 Å². The van der Waals surface area contributed by atoms with Gasteiger partial charge in [-0.15, -0.1) is 12.4 Å². The second-order valence-corrected chi connectivity index (χ2v) is 6.60. The maximum absolute atomic E-state index is 12.6. The minimum Gasteiger partial charge on any atom is -0.448 e. The van der Waals surface area contributed by atoms with Crippen molar-refractivity contribution in [3.8, 4) is 0 Å². The zero-order valence-electron chi connectivity index (χ0n) is 14.4. The number of fused-ring (bicyclic) bond motifs is 3. The first-order valence-corrected chi connectivity index (χ1v) is 8.50. The maximum Gasteiger partial charge on any atom is 0.297 e. The quantitative estimate of drug-likeness (QED) is 0.726. The number of nitrogens with zero attached hydrogens (tertiary/aromatic N) is 2. The van der Waals surface area contributed by atoms with Crippen molar-refractivity contribution in [1.82, 2.24) is 20.2 Å². The van der Waals surface area contributed by atoms with Crippen molar-refractivity contribution in [2.75, 3.05) is 13.1 Å². The highest BCUT2D eigenvalue weighted by Crippen LogP contribution is 2.23. The molecule has 7 nitrogen and oxygen atoms in total. The highest BCUT2D eigenvalue weighted by molar-refractivity contribution is 6.01. The summed E-state index contributed by atoms with van der Waals surface area (Å²) in [7, 11) is 0. The molecule has 0 spiro atoms. The Morgan fingerprint density at radius 1 is 1.42 bits per heavy atom. The van der Waals surface area contributed by atoms with Crippen LogP contribution in [0.5, 0.6) is 0 Å². The molecule has 2 atom stereocenters. The molecule has 1 fully saturated rings. The monoisotopic (exact) mass is 376 g/mol. The van der Waals surface area contributed by atoms with Gasteiger partial charge in [-0.3, -0.25) is 14.2 Å². The van der Waals surface area contributed by atoms with Crippen molar-refractivity contribution >= 4 is 40.4 Å². The summed E-state index contributed by atoms with van der Waals surface area (Å²) in [5.41, 5.74) is 0.990. The Labute approximate surface area is 156 Å². The lowest BCUT2D eigenvalue weighted by Gasteiger charge is -2.30. The molecule has 3 heterocycles. The molecular weight excluding hydrogens is 356 g/mol. The number of rotatable bonds is 3. The van der Waals surface area contributed by atoms with Gasteiger partial charge in [-0.2, -0.15) is 0 Å². The summed E-state index contributed by atoms with van der Waals surface area (Å²) in [5, 5.41) is 7.07. The van der Waals surface area contributed by atoms with E-state index in [1.165, 1.54) is 10.9 Å². The Morgan fingerprint density at radius 2 is 2.23 bits per heavy atom. The summed E-state index contributed by atoms with van der Waals surface area (Å²) >= 11 is 0. The third-order valence-corrected chi connectivity index (χ3v) is 4.84. The van der Waals surface area contributed by atoms with Gasteiger partial charge in [-0.25, -0.2) is 4.98 Å². The molecule has 26 heavy (non-hydrogen) atoms. The predicted molar refractivity (Wildman–Crippen MR) is 102 cm³/mol. The first kappa shape index (κ1) is 18.4. The molecule has 8 heteroatoms. The number of hydrogen-bond donors (Lipinski definition) is 2. The number of hydrogen-bond acceptors (Lipinski definition) is 5. The largest absolute Gasteiger partial charge is 0.448 e. The molecule has 2 aromatic heterocycles. The number of para-hydroxylation sites is 1. The molecule has 2 N–H and O–H groups in total. The van der Waals surface area contributed by atoms with Crippen LogP contribution in [-0.4, -0.2) is 34.6 Å². The van der Waals surface area contributed by atoms with Gasteiger partial charge in [0, 0.05) is 18.0 Å². The van der Waals surface area contributed by atoms with E-state index in [1.807, 2.05) is 18.2 Å². The number of benzene rings is 1. The van der Waals surface area contributed by atoms with Gasteiger partial charge in [0.1, 0.15) is 17.6 Å². The van der Waals surface area contributed by atoms with Gasteiger partial charge in [0.05, 0.1) is 6.33 Å². The molecule has 1 saturated heterocycles. The highest BCUT2D eigenvalue weighted by Gasteiger charge is 2.23. The van der Waals surface area contributed by atoms with Crippen LogP contribution in [-0.2, 0) is 11.3 Å². The second-order valence-electron chi connectivity index (χ2n) is 6.60. The molecule has 1 aliphatic heterocycles. The Kier molecular flexibility index (Phi) is 5.29. The number of amides is 1. The molecule has 2 unspecified atom stereocenters. The molecule has 1 aliphatic rings. The lowest BCUT2D eigenvalue weighted by Crippen LogP contribution is -2.51. The van der Waals surface area contributed by atoms with Crippen LogP contribution in [0.4, 0.5) is 0 Å². The van der Waals surface area contributed by atoms with E-state index in [2.05, 4.69) is 22.5 Å². The average Bonchev–Trinajstić information content (AvgIpc) is 2.99. The average molecular weight is 377 g/mol. The Bertz CT molecular complexity index is 997. The molecule has 4 rings (SSSR count). The van der Waals surface area contributed by atoms with Crippen molar-refractivity contribution in [3.05, 3.63) is 40.9 Å². The smallest absolute Gasteiger partial charge is 0.297 e. The van der Waals surface area contributed by atoms with Crippen LogP contribution >= 0.6 is 12.4 Å². The van der Waals surface area contributed by atoms with E-state index in [1.54, 1.807) is 6.07 Å². The van der Waals surface area contributed by atoms with E-state index in [-0.39, 0.29) is 42.0 Å². The molecule has 0 bridgehead atoms. The number of carbonyl (C=O) groups excluding carboxylic acids is 1. The Morgan fingerprint density at radius 3 is 3.04 bits per heavy atom. The van der Waals surface area contributed by atoms with Crippen LogP contribution in [0.15, 0.2) is 39.8 Å². The van der Waals surface area contributed by atoms with Crippen molar-refractivity contribution in [1.29, 1.82) is 0 Å². The molecule has 3 aromatic rings. The fraction of sp³-hybridized carbons (Fsp3) is 0.389. The van der Waals surface area contributed by atoms with E-state index < -0.39 is 0 Å². The lowest BCUT2D eigenvalue weighted by molar-refractivity contribution is -0.122. The van der Waals surface area contributed by atoms with Gasteiger partial charge in [0.2, 0.25) is 11.5 Å². The van der Waals surface area contributed by atoms with Crippen molar-refractivity contribution in [2.45, 2.75) is 25.9 Å². The molecule has 0 aliphatic carbocycles. The summed E-state index contributed by atoms with van der Waals surface area (Å²) in [4.78, 5) is 29.3. The van der Waals surface area contributed by atoms with Crippen molar-refractivity contribution < 1.29 is 9.21 Å². The summed E-state index contributed by atoms with van der Waals surface area (Å²) < 4.78 is 6.93. The molecule has 1 aromatic carbocycles. The molecule has 0 saturated carbocycles. The zero-order valence-corrected chi connectivity index (χ0v) is 15.2. The van der Waals surface area contributed by atoms with Gasteiger partial charge in [-0.05, 0) is 31.0 Å². The van der Waals surface area contributed by atoms with Gasteiger partial charge in [0.25, 0.3) is 5.56 Å². The maximum atomic E-state index is 12.6. The Balaban J connectivity index is 0.00000196. The highest BCUT2D eigenvalue weighted by atomic mass is 35.5. The van der Waals surface area contributed by atoms with Crippen LogP contribution in [0.2, 0.25) is 0 Å². The van der Waals surface area contributed by atoms with Crippen molar-refractivity contribution in [3.63, 3.8) is 0 Å². The van der Waals surface area contributed by atoms with Crippen LogP contribution in [0.25, 0.3) is 22.1 Å². The molecule has 1 amide bonds. The first-order chi connectivity index (χ1) is 12.1. The molecule has 138 valence electrons. The van der Waals surface area contributed by atoms with Crippen molar-refractivity contribution in [2.24, 2.45) is 5.92 Å². The first-order valence-electron chi connectivity index (χ1n) is 8.50. The van der Waals surface area contributed by atoms with E-state index in [9.17, 15) is 9.59 Å². The third-order valence-electron chi connectivity index (χ3n) is 4.84. The van der Waals surface area contributed by atoms with Gasteiger partial charge in [-0.1, -0.05) is 19.1 Å². The van der Waals surface area contributed by atoms with Crippen LogP contribution in [0, 0.1) is 5.92 Å². The Hall–Kier alpha value is -2.38. The van der Waals surface area contributed by atoms with Gasteiger partial charge < -0.3 is 15.1 Å². The van der Waals surface area contributed by atoms with Crippen LogP contribution in [0.1, 0.15) is 13.3 Å². The topological polar surface area (TPSA) is 89.2 Å². The molecule has 0 radical (unpaired) electrons. The van der Waals surface area contributed by atoms with Crippen LogP contribution in [0.3, 0.4) is 0 Å². The number of nitrogens with one attached hydrogen (secondary N) is 2. The minimum atomic E-state index is -0.342. The van der Waals surface area contributed by atoms with E-state index in [0.29, 0.717) is 17.0 Å².